The minimum absolute atomic E-state index is 0.0376. The summed E-state index contributed by atoms with van der Waals surface area (Å²) in [7, 11) is 0. The standard InChI is InChI=1S/C20H25IN2O3/c1-2-19(24)22-11-7-15(8-12-22)20(25)23-13-9-16(10-14-23)26-18-6-4-3-5-17(18)21/h2-6,15-16H,1,7-14H2. The smallest absolute Gasteiger partial charge is 0.245 e. The SMILES string of the molecule is C=CC(=O)N1CCC(C(=O)N2CCC(Oc3ccccc3I)CC2)CC1. The molecule has 2 fully saturated rings. The van der Waals surface area contributed by atoms with Crippen LogP contribution in [0.1, 0.15) is 25.7 Å². The molecule has 1 aromatic rings. The monoisotopic (exact) mass is 468 g/mol. The number of hydrogen-bond acceptors (Lipinski definition) is 3. The van der Waals surface area contributed by atoms with Crippen molar-refractivity contribution in [2.75, 3.05) is 26.2 Å². The fourth-order valence-electron chi connectivity index (χ4n) is 3.65. The molecule has 2 saturated heterocycles. The van der Waals surface area contributed by atoms with Crippen LogP contribution in [0.3, 0.4) is 0 Å². The molecule has 26 heavy (non-hydrogen) atoms. The molecule has 140 valence electrons. The van der Waals surface area contributed by atoms with Gasteiger partial charge in [-0.15, -0.1) is 0 Å². The first-order valence-corrected chi connectivity index (χ1v) is 10.3. The van der Waals surface area contributed by atoms with E-state index in [0.29, 0.717) is 13.1 Å². The Morgan fingerprint density at radius 2 is 1.65 bits per heavy atom. The highest BCUT2D eigenvalue weighted by molar-refractivity contribution is 14.1. The molecule has 5 nitrogen and oxygen atoms in total. The van der Waals surface area contributed by atoms with Crippen LogP contribution in [-0.2, 0) is 9.59 Å². The molecule has 2 heterocycles. The lowest BCUT2D eigenvalue weighted by molar-refractivity contribution is -0.140. The number of halogens is 1. The summed E-state index contributed by atoms with van der Waals surface area (Å²) in [5, 5.41) is 0. The molecule has 2 amide bonds. The van der Waals surface area contributed by atoms with Crippen LogP contribution in [0.4, 0.5) is 0 Å². The first kappa shape index (κ1) is 19.2. The third-order valence-electron chi connectivity index (χ3n) is 5.21. The van der Waals surface area contributed by atoms with Gasteiger partial charge >= 0.3 is 0 Å². The molecular weight excluding hydrogens is 443 g/mol. The van der Waals surface area contributed by atoms with Crippen molar-refractivity contribution in [3.63, 3.8) is 0 Å². The number of piperidine rings is 2. The second-order valence-electron chi connectivity index (χ2n) is 6.88. The van der Waals surface area contributed by atoms with Gasteiger partial charge in [0.25, 0.3) is 0 Å². The van der Waals surface area contributed by atoms with E-state index in [1.54, 1.807) is 4.90 Å². The Hall–Kier alpha value is -1.57. The van der Waals surface area contributed by atoms with Crippen molar-refractivity contribution in [1.82, 2.24) is 9.80 Å². The summed E-state index contributed by atoms with van der Waals surface area (Å²) in [4.78, 5) is 28.2. The Balaban J connectivity index is 1.46. The number of rotatable bonds is 4. The lowest BCUT2D eigenvalue weighted by atomic mass is 9.94. The number of carbonyl (C=O) groups excluding carboxylic acids is 2. The van der Waals surface area contributed by atoms with Gasteiger partial charge in [0.1, 0.15) is 11.9 Å². The molecule has 2 aliphatic heterocycles. The van der Waals surface area contributed by atoms with Crippen molar-refractivity contribution < 1.29 is 14.3 Å². The molecule has 0 saturated carbocycles. The van der Waals surface area contributed by atoms with Gasteiger partial charge in [0.2, 0.25) is 11.8 Å². The maximum Gasteiger partial charge on any atom is 0.245 e. The molecule has 0 atom stereocenters. The molecule has 0 spiro atoms. The largest absolute Gasteiger partial charge is 0.489 e. The van der Waals surface area contributed by atoms with Crippen LogP contribution in [0.2, 0.25) is 0 Å². The van der Waals surface area contributed by atoms with Gasteiger partial charge in [-0.3, -0.25) is 9.59 Å². The first-order valence-electron chi connectivity index (χ1n) is 9.20. The average Bonchev–Trinajstić information content (AvgIpc) is 2.69. The number of hydrogen-bond donors (Lipinski definition) is 0. The van der Waals surface area contributed by atoms with Crippen molar-refractivity contribution in [1.29, 1.82) is 0 Å². The number of ether oxygens (including phenoxy) is 1. The van der Waals surface area contributed by atoms with Gasteiger partial charge in [-0.25, -0.2) is 0 Å². The molecule has 6 heteroatoms. The molecule has 0 N–H and O–H groups in total. The first-order chi connectivity index (χ1) is 12.6. The van der Waals surface area contributed by atoms with Gasteiger partial charge in [0, 0.05) is 44.9 Å². The number of carbonyl (C=O) groups is 2. The third kappa shape index (κ3) is 4.58. The quantitative estimate of drug-likeness (QED) is 0.504. The van der Waals surface area contributed by atoms with E-state index in [-0.39, 0.29) is 23.8 Å². The molecule has 0 bridgehead atoms. The van der Waals surface area contributed by atoms with E-state index in [2.05, 4.69) is 29.2 Å². The molecular formula is C20H25IN2O3. The van der Waals surface area contributed by atoms with E-state index >= 15 is 0 Å². The Morgan fingerprint density at radius 1 is 1.04 bits per heavy atom. The van der Waals surface area contributed by atoms with Crippen LogP contribution in [0.15, 0.2) is 36.9 Å². The van der Waals surface area contributed by atoms with Crippen molar-refractivity contribution in [3.05, 3.63) is 40.5 Å². The summed E-state index contributed by atoms with van der Waals surface area (Å²) >= 11 is 2.29. The minimum atomic E-state index is -0.0376. The zero-order chi connectivity index (χ0) is 18.5. The van der Waals surface area contributed by atoms with Gasteiger partial charge in [-0.1, -0.05) is 18.7 Å². The van der Waals surface area contributed by atoms with Crippen molar-refractivity contribution in [2.45, 2.75) is 31.8 Å². The van der Waals surface area contributed by atoms with Crippen molar-refractivity contribution >= 4 is 34.4 Å². The second kappa shape index (κ2) is 8.88. The molecule has 1 aromatic carbocycles. The summed E-state index contributed by atoms with van der Waals surface area (Å²) in [5.41, 5.74) is 0. The van der Waals surface area contributed by atoms with Gasteiger partial charge in [0.05, 0.1) is 3.57 Å². The predicted molar refractivity (Wildman–Crippen MR) is 109 cm³/mol. The van der Waals surface area contributed by atoms with E-state index in [9.17, 15) is 9.59 Å². The van der Waals surface area contributed by atoms with Gasteiger partial charge in [-0.05, 0) is 53.6 Å². The minimum Gasteiger partial charge on any atom is -0.489 e. The second-order valence-corrected chi connectivity index (χ2v) is 8.04. The summed E-state index contributed by atoms with van der Waals surface area (Å²) in [5.74, 6) is 1.17. The zero-order valence-corrected chi connectivity index (χ0v) is 17.1. The summed E-state index contributed by atoms with van der Waals surface area (Å²) in [6.45, 7) is 6.32. The van der Waals surface area contributed by atoms with E-state index < -0.39 is 0 Å². The topological polar surface area (TPSA) is 49.9 Å². The summed E-state index contributed by atoms with van der Waals surface area (Å²) < 4.78 is 7.23. The van der Waals surface area contributed by atoms with Gasteiger partial charge in [0.15, 0.2) is 0 Å². The van der Waals surface area contributed by atoms with E-state index in [1.807, 2.05) is 29.2 Å². The van der Waals surface area contributed by atoms with Gasteiger partial charge < -0.3 is 14.5 Å². The van der Waals surface area contributed by atoms with E-state index in [0.717, 1.165) is 48.1 Å². The average molecular weight is 468 g/mol. The number of likely N-dealkylation sites (tertiary alicyclic amines) is 2. The molecule has 0 aromatic heterocycles. The van der Waals surface area contributed by atoms with Crippen LogP contribution in [-0.4, -0.2) is 53.9 Å². The Kier molecular flexibility index (Phi) is 6.56. The highest BCUT2D eigenvalue weighted by Gasteiger charge is 2.32. The van der Waals surface area contributed by atoms with Crippen LogP contribution in [0, 0.1) is 9.49 Å². The summed E-state index contributed by atoms with van der Waals surface area (Å²) in [6, 6.07) is 8.03. The maximum absolute atomic E-state index is 12.8. The lowest BCUT2D eigenvalue weighted by Gasteiger charge is -2.37. The Bertz CT molecular complexity index is 663. The number of para-hydroxylation sites is 1. The molecule has 0 unspecified atom stereocenters. The fourth-order valence-corrected chi connectivity index (χ4v) is 4.16. The Morgan fingerprint density at radius 3 is 2.27 bits per heavy atom. The Labute approximate surface area is 168 Å². The van der Waals surface area contributed by atoms with Crippen molar-refractivity contribution in [2.24, 2.45) is 5.92 Å². The zero-order valence-electron chi connectivity index (χ0n) is 14.9. The van der Waals surface area contributed by atoms with Crippen LogP contribution in [0.25, 0.3) is 0 Å². The molecule has 0 radical (unpaired) electrons. The fraction of sp³-hybridized carbons (Fsp3) is 0.500. The molecule has 3 rings (SSSR count). The van der Waals surface area contributed by atoms with E-state index in [4.69, 9.17) is 4.74 Å². The summed E-state index contributed by atoms with van der Waals surface area (Å²) in [6.07, 6.45) is 4.74. The molecule has 0 aliphatic carbocycles. The van der Waals surface area contributed by atoms with Crippen LogP contribution in [0.5, 0.6) is 5.75 Å². The van der Waals surface area contributed by atoms with E-state index in [1.165, 1.54) is 6.08 Å². The number of nitrogens with zero attached hydrogens (tertiary/aromatic N) is 2. The van der Waals surface area contributed by atoms with Gasteiger partial charge in [-0.2, -0.15) is 0 Å². The maximum atomic E-state index is 12.8. The highest BCUT2D eigenvalue weighted by atomic mass is 127. The van der Waals surface area contributed by atoms with Crippen LogP contribution >= 0.6 is 22.6 Å². The normalized spacial score (nSPS) is 19.3. The molecule has 2 aliphatic rings. The predicted octanol–water partition coefficient (Wildman–Crippen LogP) is 3.09. The lowest BCUT2D eigenvalue weighted by Crippen LogP contribution is -2.47. The third-order valence-corrected chi connectivity index (χ3v) is 6.11. The number of benzene rings is 1. The van der Waals surface area contributed by atoms with Crippen molar-refractivity contribution in [3.8, 4) is 5.75 Å². The van der Waals surface area contributed by atoms with Crippen LogP contribution < -0.4 is 4.74 Å². The highest BCUT2D eigenvalue weighted by Crippen LogP contribution is 2.26. The number of amides is 2.